The van der Waals surface area contributed by atoms with E-state index in [4.69, 9.17) is 9.73 Å². The van der Waals surface area contributed by atoms with Crippen molar-refractivity contribution in [1.82, 2.24) is 15.4 Å². The third-order valence-electron chi connectivity index (χ3n) is 5.59. The van der Waals surface area contributed by atoms with E-state index in [2.05, 4.69) is 22.3 Å². The van der Waals surface area contributed by atoms with Crippen LogP contribution in [0.3, 0.4) is 0 Å². The molecule has 0 aromatic heterocycles. The summed E-state index contributed by atoms with van der Waals surface area (Å²) in [6.07, 6.45) is 6.12. The number of nitrogens with zero attached hydrogens (tertiary/aromatic N) is 1. The Morgan fingerprint density at radius 1 is 1.13 bits per heavy atom. The van der Waals surface area contributed by atoms with Crippen molar-refractivity contribution in [3.05, 3.63) is 35.4 Å². The third kappa shape index (κ3) is 9.07. The third-order valence-corrected chi connectivity index (χ3v) is 6.92. The Hall–Kier alpha value is -0.910. The maximum absolute atomic E-state index is 11.7. The predicted molar refractivity (Wildman–Crippen MR) is 134 cm³/mol. The van der Waals surface area contributed by atoms with Gasteiger partial charge >= 0.3 is 0 Å². The second-order valence-electron chi connectivity index (χ2n) is 7.78. The van der Waals surface area contributed by atoms with Gasteiger partial charge in [0.25, 0.3) is 0 Å². The van der Waals surface area contributed by atoms with E-state index in [9.17, 15) is 8.42 Å². The predicted octanol–water partition coefficient (Wildman–Crippen LogP) is 3.01. The van der Waals surface area contributed by atoms with Crippen LogP contribution < -0.4 is 15.4 Å². The van der Waals surface area contributed by atoms with Crippen LogP contribution in [0.1, 0.15) is 50.2 Å². The van der Waals surface area contributed by atoms with Crippen molar-refractivity contribution < 1.29 is 13.2 Å². The van der Waals surface area contributed by atoms with Crippen molar-refractivity contribution in [3.8, 4) is 0 Å². The summed E-state index contributed by atoms with van der Waals surface area (Å²) >= 11 is 0. The Morgan fingerprint density at radius 3 is 2.33 bits per heavy atom. The van der Waals surface area contributed by atoms with Crippen LogP contribution in [0.25, 0.3) is 0 Å². The van der Waals surface area contributed by atoms with Gasteiger partial charge in [0.15, 0.2) is 5.96 Å². The first-order valence-electron chi connectivity index (χ1n) is 10.4. The Bertz CT molecular complexity index is 748. The number of halogens is 1. The van der Waals surface area contributed by atoms with Gasteiger partial charge in [-0.25, -0.2) is 18.1 Å². The van der Waals surface area contributed by atoms with Gasteiger partial charge in [-0.1, -0.05) is 37.1 Å². The minimum absolute atomic E-state index is 0. The average molecular weight is 553 g/mol. The molecule has 1 aliphatic rings. The van der Waals surface area contributed by atoms with E-state index in [1.54, 1.807) is 7.11 Å². The molecule has 1 aromatic rings. The lowest BCUT2D eigenvalue weighted by atomic mass is 9.83. The smallest absolute Gasteiger partial charge is 0.215 e. The topological polar surface area (TPSA) is 91.8 Å². The quantitative estimate of drug-likeness (QED) is 0.223. The maximum Gasteiger partial charge on any atom is 0.215 e. The highest BCUT2D eigenvalue weighted by atomic mass is 127. The zero-order valence-corrected chi connectivity index (χ0v) is 21.5. The molecule has 30 heavy (non-hydrogen) atoms. The van der Waals surface area contributed by atoms with Crippen LogP contribution in [0.5, 0.6) is 0 Å². The molecule has 172 valence electrons. The lowest BCUT2D eigenvalue weighted by molar-refractivity contribution is 0.138. The molecule has 1 aromatic carbocycles. The standard InChI is InChI=1S/C21H36N4O3S.HI/c1-4-23-20(25-17-21(13-14-28-3)11-5-6-12-21)24-15-18-7-9-19(10-8-18)16-29(26,27)22-2;/h7-10,22H,4-6,11-17H2,1-3H3,(H2,23,24,25);1H. The fraction of sp³-hybridized carbons (Fsp3) is 0.667. The summed E-state index contributed by atoms with van der Waals surface area (Å²) in [5.74, 6) is 0.805. The largest absolute Gasteiger partial charge is 0.385 e. The molecular formula is C21H37IN4O3S. The van der Waals surface area contributed by atoms with Crippen LogP contribution in [0, 0.1) is 5.41 Å². The molecule has 0 amide bonds. The van der Waals surface area contributed by atoms with Gasteiger partial charge in [0.1, 0.15) is 0 Å². The fourth-order valence-electron chi connectivity index (χ4n) is 3.77. The van der Waals surface area contributed by atoms with Gasteiger partial charge in [-0.2, -0.15) is 0 Å². The molecule has 1 saturated carbocycles. The molecule has 9 heteroatoms. The molecule has 0 saturated heterocycles. The van der Waals surface area contributed by atoms with E-state index < -0.39 is 10.0 Å². The number of hydrogen-bond acceptors (Lipinski definition) is 4. The highest BCUT2D eigenvalue weighted by Gasteiger charge is 2.33. The number of ether oxygens (including phenoxy) is 1. The Balaban J connectivity index is 0.00000450. The number of sulfonamides is 1. The maximum atomic E-state index is 11.7. The summed E-state index contributed by atoms with van der Waals surface area (Å²) in [5.41, 5.74) is 2.10. The molecular weight excluding hydrogens is 515 g/mol. The first-order valence-corrected chi connectivity index (χ1v) is 12.1. The number of guanidine groups is 1. The lowest BCUT2D eigenvalue weighted by Crippen LogP contribution is -2.43. The number of benzene rings is 1. The van der Waals surface area contributed by atoms with Crippen molar-refractivity contribution >= 4 is 40.0 Å². The van der Waals surface area contributed by atoms with Gasteiger partial charge in [-0.3, -0.25) is 0 Å². The minimum Gasteiger partial charge on any atom is -0.385 e. The molecule has 0 spiro atoms. The Labute approximate surface area is 198 Å². The normalized spacial score (nSPS) is 16.2. The molecule has 0 heterocycles. The van der Waals surface area contributed by atoms with Crippen molar-refractivity contribution in [3.63, 3.8) is 0 Å². The van der Waals surface area contributed by atoms with E-state index >= 15 is 0 Å². The van der Waals surface area contributed by atoms with E-state index in [-0.39, 0.29) is 29.7 Å². The first kappa shape index (κ1) is 27.1. The van der Waals surface area contributed by atoms with Gasteiger partial charge < -0.3 is 15.4 Å². The summed E-state index contributed by atoms with van der Waals surface area (Å²) in [6.45, 7) is 5.11. The van der Waals surface area contributed by atoms with Crippen molar-refractivity contribution in [2.45, 2.75) is 51.3 Å². The number of aliphatic imine (C=N–C) groups is 1. The number of rotatable bonds is 11. The summed E-state index contributed by atoms with van der Waals surface area (Å²) in [4.78, 5) is 4.71. The molecule has 0 radical (unpaired) electrons. The van der Waals surface area contributed by atoms with Gasteiger partial charge in [0.05, 0.1) is 12.3 Å². The highest BCUT2D eigenvalue weighted by Crippen LogP contribution is 2.40. The summed E-state index contributed by atoms with van der Waals surface area (Å²) in [5, 5.41) is 6.85. The van der Waals surface area contributed by atoms with Gasteiger partial charge in [0.2, 0.25) is 10.0 Å². The molecule has 7 nitrogen and oxygen atoms in total. The first-order chi connectivity index (χ1) is 13.9. The van der Waals surface area contributed by atoms with Crippen LogP contribution in [0.2, 0.25) is 0 Å². The molecule has 1 fully saturated rings. The molecule has 3 N–H and O–H groups in total. The molecule has 1 aliphatic carbocycles. The summed E-state index contributed by atoms with van der Waals surface area (Å²) in [6, 6.07) is 7.56. The number of nitrogens with one attached hydrogen (secondary N) is 3. The van der Waals surface area contributed by atoms with Crippen molar-refractivity contribution in [2.75, 3.05) is 33.9 Å². The van der Waals surface area contributed by atoms with Crippen molar-refractivity contribution in [1.29, 1.82) is 0 Å². The van der Waals surface area contributed by atoms with Crippen LogP contribution in [0.4, 0.5) is 0 Å². The van der Waals surface area contributed by atoms with Gasteiger partial charge in [-0.15, -0.1) is 24.0 Å². The van der Waals surface area contributed by atoms with Crippen LogP contribution in [0.15, 0.2) is 29.3 Å². The van der Waals surface area contributed by atoms with Crippen molar-refractivity contribution in [2.24, 2.45) is 10.4 Å². The van der Waals surface area contributed by atoms with E-state index in [0.29, 0.717) is 12.0 Å². The summed E-state index contributed by atoms with van der Waals surface area (Å²) in [7, 11) is -0.0590. The molecule has 0 bridgehead atoms. The molecule has 0 unspecified atom stereocenters. The number of hydrogen-bond donors (Lipinski definition) is 3. The minimum atomic E-state index is -3.25. The molecule has 0 aliphatic heterocycles. The van der Waals surface area contributed by atoms with Gasteiger partial charge in [-0.05, 0) is 49.8 Å². The average Bonchev–Trinajstić information content (AvgIpc) is 3.18. The number of methoxy groups -OCH3 is 1. The van der Waals surface area contributed by atoms with Gasteiger partial charge in [0, 0.05) is 26.8 Å². The zero-order valence-electron chi connectivity index (χ0n) is 18.4. The second-order valence-corrected chi connectivity index (χ2v) is 9.70. The fourth-order valence-corrected chi connectivity index (χ4v) is 4.55. The van der Waals surface area contributed by atoms with Crippen LogP contribution >= 0.6 is 24.0 Å². The van der Waals surface area contributed by atoms with Crippen LogP contribution in [-0.4, -0.2) is 48.2 Å². The zero-order chi connectivity index (χ0) is 21.2. The van der Waals surface area contributed by atoms with E-state index in [1.807, 2.05) is 24.3 Å². The monoisotopic (exact) mass is 552 g/mol. The Morgan fingerprint density at radius 2 is 1.77 bits per heavy atom. The SMILES string of the molecule is CCNC(=NCc1ccc(CS(=O)(=O)NC)cc1)NCC1(CCOC)CCCC1.I. The van der Waals surface area contributed by atoms with Crippen LogP contribution in [-0.2, 0) is 27.1 Å². The highest BCUT2D eigenvalue weighted by molar-refractivity contribution is 14.0. The molecule has 2 rings (SSSR count). The lowest BCUT2D eigenvalue weighted by Gasteiger charge is -2.30. The van der Waals surface area contributed by atoms with E-state index in [0.717, 1.165) is 43.2 Å². The summed E-state index contributed by atoms with van der Waals surface area (Å²) < 4.78 is 31.0. The van der Waals surface area contributed by atoms with E-state index in [1.165, 1.54) is 32.7 Å². The molecule has 0 atom stereocenters. The second kappa shape index (κ2) is 13.5. The Kier molecular flexibility index (Phi) is 12.2.